The molecule has 0 aromatic carbocycles. The quantitative estimate of drug-likeness (QED) is 0.453. The Hall–Kier alpha value is -0.883. The van der Waals surface area contributed by atoms with Crippen LogP contribution in [0.3, 0.4) is 0 Å². The molecule has 5 nitrogen and oxygen atoms in total. The van der Waals surface area contributed by atoms with E-state index in [9.17, 15) is 9.59 Å². The fourth-order valence-electron chi connectivity index (χ4n) is 1.79. The summed E-state index contributed by atoms with van der Waals surface area (Å²) >= 11 is 0. The van der Waals surface area contributed by atoms with E-state index in [0.717, 1.165) is 0 Å². The van der Waals surface area contributed by atoms with Crippen LogP contribution < -0.4 is 0 Å². The molecule has 0 N–H and O–H groups in total. The molecule has 0 aromatic heterocycles. The second kappa shape index (κ2) is 5.24. The lowest BCUT2D eigenvalue weighted by molar-refractivity contribution is -0.199. The number of amides is 1. The summed E-state index contributed by atoms with van der Waals surface area (Å²) < 4.78 is 11.2. The van der Waals surface area contributed by atoms with Crippen LogP contribution in [0.2, 0.25) is 18.1 Å². The van der Waals surface area contributed by atoms with Crippen LogP contribution in [-0.2, 0) is 18.8 Å². The summed E-state index contributed by atoms with van der Waals surface area (Å²) in [6.07, 6.45) is -0.568. The predicted molar refractivity (Wildman–Crippen MR) is 74.8 cm³/mol. The Labute approximate surface area is 116 Å². The van der Waals surface area contributed by atoms with E-state index in [-0.39, 0.29) is 29.6 Å². The monoisotopic (exact) mass is 287 g/mol. The van der Waals surface area contributed by atoms with E-state index in [2.05, 4.69) is 33.9 Å². The van der Waals surface area contributed by atoms with Gasteiger partial charge in [-0.1, -0.05) is 20.8 Å². The van der Waals surface area contributed by atoms with Gasteiger partial charge in [0.15, 0.2) is 14.5 Å². The molecule has 2 atom stereocenters. The van der Waals surface area contributed by atoms with Crippen molar-refractivity contribution in [1.29, 1.82) is 0 Å². The van der Waals surface area contributed by atoms with Gasteiger partial charge in [-0.25, -0.2) is 0 Å². The van der Waals surface area contributed by atoms with Crippen molar-refractivity contribution in [2.75, 3.05) is 0 Å². The van der Waals surface area contributed by atoms with Crippen LogP contribution in [0.4, 0.5) is 0 Å². The van der Waals surface area contributed by atoms with Crippen molar-refractivity contribution in [3.05, 3.63) is 0 Å². The van der Waals surface area contributed by atoms with E-state index in [1.807, 2.05) is 6.92 Å². The number of rotatable bonds is 4. The first kappa shape index (κ1) is 16.2. The molecule has 110 valence electrons. The molecule has 0 spiro atoms. The van der Waals surface area contributed by atoms with Gasteiger partial charge in [0, 0.05) is 6.92 Å². The topological polar surface area (TPSA) is 55.8 Å². The molecule has 0 radical (unpaired) electrons. The van der Waals surface area contributed by atoms with E-state index in [1.54, 1.807) is 0 Å². The zero-order valence-electron chi connectivity index (χ0n) is 12.9. The Morgan fingerprint density at radius 1 is 1.42 bits per heavy atom. The largest absolute Gasteiger partial charge is 0.441 e. The van der Waals surface area contributed by atoms with E-state index >= 15 is 0 Å². The Kier molecular flexibility index (Phi) is 4.46. The van der Waals surface area contributed by atoms with Gasteiger partial charge in [0.2, 0.25) is 5.91 Å². The summed E-state index contributed by atoms with van der Waals surface area (Å²) in [5.41, 5.74) is 0. The van der Waals surface area contributed by atoms with Crippen LogP contribution in [0.1, 0.15) is 41.0 Å². The summed E-state index contributed by atoms with van der Waals surface area (Å²) in [7, 11) is -1.95. The molecular weight excluding hydrogens is 262 g/mol. The normalized spacial score (nSPS) is 21.9. The van der Waals surface area contributed by atoms with Crippen molar-refractivity contribution < 1.29 is 18.8 Å². The third kappa shape index (κ3) is 3.57. The molecule has 1 saturated heterocycles. The molecule has 1 fully saturated rings. The molecule has 0 saturated carbocycles. The number of nitrogens with zero attached hydrogens (tertiary/aromatic N) is 1. The minimum absolute atomic E-state index is 0.0301. The van der Waals surface area contributed by atoms with Crippen molar-refractivity contribution in [3.8, 4) is 0 Å². The molecule has 6 heteroatoms. The molecule has 1 aliphatic rings. The third-order valence-corrected chi connectivity index (χ3v) is 8.46. The summed E-state index contributed by atoms with van der Waals surface area (Å²) in [4.78, 5) is 24.2. The zero-order valence-corrected chi connectivity index (χ0v) is 13.9. The molecule has 0 aliphatic carbocycles. The van der Waals surface area contributed by atoms with E-state index in [4.69, 9.17) is 9.16 Å². The first-order valence-electron chi connectivity index (χ1n) is 6.62. The molecule has 1 heterocycles. The number of carbonyl (C=O) groups is 2. The van der Waals surface area contributed by atoms with E-state index < -0.39 is 14.5 Å². The fourth-order valence-corrected chi connectivity index (χ4v) is 3.11. The average molecular weight is 287 g/mol. The highest BCUT2D eigenvalue weighted by Crippen LogP contribution is 2.38. The first-order chi connectivity index (χ1) is 8.45. The maximum absolute atomic E-state index is 11.7. The number of hydrogen-bond acceptors (Lipinski definition) is 4. The summed E-state index contributed by atoms with van der Waals surface area (Å²) in [5.74, 6) is -0.403. The van der Waals surface area contributed by atoms with Gasteiger partial charge in [-0.15, -0.1) is 0 Å². The fraction of sp³-hybridized carbons (Fsp3) is 0.846. The second-order valence-electron chi connectivity index (χ2n) is 6.55. The number of esters is 1. The first-order valence-corrected chi connectivity index (χ1v) is 9.53. The lowest BCUT2D eigenvalue weighted by atomic mass is 10.1. The number of hydrogen-bond donors (Lipinski definition) is 0. The van der Waals surface area contributed by atoms with Gasteiger partial charge in [0.05, 0.1) is 6.42 Å². The highest BCUT2D eigenvalue weighted by atomic mass is 28.4. The van der Waals surface area contributed by atoms with Crippen molar-refractivity contribution >= 4 is 20.2 Å². The third-order valence-electron chi connectivity index (χ3n) is 3.91. The Morgan fingerprint density at radius 3 is 2.32 bits per heavy atom. The van der Waals surface area contributed by atoms with E-state index in [0.29, 0.717) is 0 Å². The van der Waals surface area contributed by atoms with Crippen molar-refractivity contribution in [2.24, 2.45) is 0 Å². The van der Waals surface area contributed by atoms with Gasteiger partial charge in [-0.05, 0) is 25.1 Å². The predicted octanol–water partition coefficient (Wildman–Crippen LogP) is 2.48. The molecule has 1 rings (SSSR count). The van der Waals surface area contributed by atoms with Crippen molar-refractivity contribution in [1.82, 2.24) is 4.90 Å². The maximum Gasteiger partial charge on any atom is 0.304 e. The minimum atomic E-state index is -1.95. The molecule has 0 aromatic rings. The molecule has 1 unspecified atom stereocenters. The molecule has 19 heavy (non-hydrogen) atoms. The molecule has 1 aliphatic heterocycles. The minimum Gasteiger partial charge on any atom is -0.441 e. The lowest BCUT2D eigenvalue weighted by Gasteiger charge is -2.47. The Balaban J connectivity index is 2.69. The van der Waals surface area contributed by atoms with Crippen molar-refractivity contribution in [2.45, 2.75) is 71.6 Å². The maximum atomic E-state index is 11.7. The SMILES string of the molecule is CC(=O)OC1CC(=O)N1[C@@H](C)O[Si](C)(C)C(C)(C)C. The second-order valence-corrected chi connectivity index (χ2v) is 11.3. The van der Waals surface area contributed by atoms with Crippen LogP contribution in [-0.4, -0.2) is 37.5 Å². The number of ether oxygens (including phenoxy) is 1. The smallest absolute Gasteiger partial charge is 0.304 e. The van der Waals surface area contributed by atoms with Crippen molar-refractivity contribution in [3.63, 3.8) is 0 Å². The zero-order chi connectivity index (χ0) is 15.0. The number of carbonyl (C=O) groups excluding carboxylic acids is 2. The van der Waals surface area contributed by atoms with Crippen LogP contribution in [0, 0.1) is 0 Å². The molecule has 0 bridgehead atoms. The highest BCUT2D eigenvalue weighted by Gasteiger charge is 2.46. The van der Waals surface area contributed by atoms with E-state index in [1.165, 1.54) is 11.8 Å². The van der Waals surface area contributed by atoms with Crippen LogP contribution >= 0.6 is 0 Å². The standard InChI is InChI=1S/C13H25NO4Si/c1-9(18-19(6,7)13(3,4)5)14-11(16)8-12(14)17-10(2)15/h9,12H,8H2,1-7H3/t9-,12?/m1/s1. The van der Waals surface area contributed by atoms with Gasteiger partial charge in [0.1, 0.15) is 6.23 Å². The summed E-state index contributed by atoms with van der Waals surface area (Å²) in [6.45, 7) is 13.9. The number of likely N-dealkylation sites (tertiary alicyclic amines) is 1. The molecular formula is C13H25NO4Si. The van der Waals surface area contributed by atoms with Gasteiger partial charge < -0.3 is 9.16 Å². The van der Waals surface area contributed by atoms with Crippen LogP contribution in [0.15, 0.2) is 0 Å². The Morgan fingerprint density at radius 2 is 1.95 bits per heavy atom. The average Bonchev–Trinajstić information content (AvgIpc) is 2.12. The van der Waals surface area contributed by atoms with Gasteiger partial charge >= 0.3 is 5.97 Å². The lowest BCUT2D eigenvalue weighted by Crippen LogP contribution is -2.61. The highest BCUT2D eigenvalue weighted by molar-refractivity contribution is 6.74. The van der Waals surface area contributed by atoms with Gasteiger partial charge in [-0.2, -0.15) is 0 Å². The van der Waals surface area contributed by atoms with Crippen LogP contribution in [0.5, 0.6) is 0 Å². The van der Waals surface area contributed by atoms with Crippen LogP contribution in [0.25, 0.3) is 0 Å². The van der Waals surface area contributed by atoms with Gasteiger partial charge in [0.25, 0.3) is 0 Å². The van der Waals surface area contributed by atoms with Gasteiger partial charge in [-0.3, -0.25) is 14.5 Å². The number of β-lactam (4-membered cyclic amide) rings is 1. The molecule has 1 amide bonds. The summed E-state index contributed by atoms with van der Waals surface area (Å²) in [5, 5.41) is 0.0755. The Bertz CT molecular complexity index is 375. The summed E-state index contributed by atoms with van der Waals surface area (Å²) in [6, 6.07) is 0.